The summed E-state index contributed by atoms with van der Waals surface area (Å²) in [5, 5.41) is 33.4. The molecule has 4 aliphatic carbocycles. The van der Waals surface area contributed by atoms with Crippen LogP contribution in [0.2, 0.25) is 0 Å². The van der Waals surface area contributed by atoms with Gasteiger partial charge in [-0.05, 0) is 97.7 Å². The second-order valence-electron chi connectivity index (χ2n) is 12.9. The van der Waals surface area contributed by atoms with E-state index in [4.69, 9.17) is 0 Å². The molecule has 0 saturated heterocycles. The van der Waals surface area contributed by atoms with Gasteiger partial charge < -0.3 is 25.0 Å². The average molecular weight is 493 g/mol. The summed E-state index contributed by atoms with van der Waals surface area (Å²) in [6.07, 6.45) is 6.12. The second kappa shape index (κ2) is 9.94. The summed E-state index contributed by atoms with van der Waals surface area (Å²) in [6.45, 7) is 6.75. The molecule has 0 aromatic rings. The molecule has 4 unspecified atom stereocenters. The number of carbonyl (C=O) groups is 2. The van der Waals surface area contributed by atoms with Gasteiger partial charge in [-0.3, -0.25) is 9.59 Å². The molecule has 0 aliphatic heterocycles. The van der Waals surface area contributed by atoms with Gasteiger partial charge in [0.2, 0.25) is 5.91 Å². The van der Waals surface area contributed by atoms with Crippen molar-refractivity contribution in [1.82, 2.24) is 4.90 Å². The van der Waals surface area contributed by atoms with E-state index < -0.39 is 12.1 Å². The standard InChI is InChI=1S/C28H47NO6/c1-16(6-9-24(33)29(4)15-25(34)35-5)19-7-8-20-26-21(14-23(32)28(19,20)3)27(2)11-10-18(30)12-17(27)13-22(26)31/h16-23,26,30-32H,6-15H2,1-5H3/t16-,17?,18-,19-,20?,21?,22-,23+,26?,27+,28-/m1/s1/i4-1. The number of hydrogen-bond donors (Lipinski definition) is 3. The molecular formula is C28H47NO6. The van der Waals surface area contributed by atoms with Crippen LogP contribution in [0, 0.1) is 46.3 Å². The normalized spacial score (nSPS) is 45.6. The molecule has 0 radical (unpaired) electrons. The zero-order valence-electron chi connectivity index (χ0n) is 22.3. The van der Waals surface area contributed by atoms with E-state index in [0.717, 1.165) is 51.4 Å². The number of aliphatic hydroxyl groups excluding tert-OH is 3. The lowest BCUT2D eigenvalue weighted by atomic mass is 9.43. The first-order chi connectivity index (χ1) is 16.4. The lowest BCUT2D eigenvalue weighted by molar-refractivity contribution is -0.207. The van der Waals surface area contributed by atoms with Crippen molar-refractivity contribution < 1.29 is 29.6 Å². The summed E-state index contributed by atoms with van der Waals surface area (Å²) >= 11 is 0. The van der Waals surface area contributed by atoms with Crippen molar-refractivity contribution in [1.29, 1.82) is 0 Å². The van der Waals surface area contributed by atoms with Gasteiger partial charge in [-0.1, -0.05) is 20.8 Å². The Bertz CT molecular complexity index is 804. The molecule has 0 aromatic carbocycles. The van der Waals surface area contributed by atoms with Gasteiger partial charge in [-0.25, -0.2) is 0 Å². The average Bonchev–Trinajstić information content (AvgIpc) is 3.17. The highest BCUT2D eigenvalue weighted by Gasteiger charge is 2.65. The van der Waals surface area contributed by atoms with Crippen molar-refractivity contribution >= 4 is 11.9 Å². The van der Waals surface area contributed by atoms with Gasteiger partial charge in [-0.2, -0.15) is 0 Å². The molecule has 7 nitrogen and oxygen atoms in total. The van der Waals surface area contributed by atoms with Crippen molar-refractivity contribution in [2.45, 2.75) is 96.9 Å². The molecule has 1 amide bonds. The molecule has 200 valence electrons. The molecule has 4 fully saturated rings. The molecule has 35 heavy (non-hydrogen) atoms. The Balaban J connectivity index is 1.47. The summed E-state index contributed by atoms with van der Waals surface area (Å²) in [6, 6.07) is 0. The zero-order valence-corrected chi connectivity index (χ0v) is 22.3. The van der Waals surface area contributed by atoms with Crippen molar-refractivity contribution in [3.8, 4) is 0 Å². The lowest BCUT2D eigenvalue weighted by Crippen LogP contribution is -2.62. The number of carbonyl (C=O) groups excluding carboxylic acids is 2. The third kappa shape index (κ3) is 4.54. The van der Waals surface area contributed by atoms with E-state index in [9.17, 15) is 24.9 Å². The van der Waals surface area contributed by atoms with Gasteiger partial charge >= 0.3 is 5.97 Å². The summed E-state index contributed by atoms with van der Waals surface area (Å²) in [5.74, 6) is 1.17. The summed E-state index contributed by atoms with van der Waals surface area (Å²) in [5.41, 5.74) is -0.189. The summed E-state index contributed by atoms with van der Waals surface area (Å²) in [4.78, 5) is 25.5. The Labute approximate surface area is 210 Å². The number of esters is 1. The van der Waals surface area contributed by atoms with Crippen molar-refractivity contribution in [2.75, 3.05) is 20.7 Å². The van der Waals surface area contributed by atoms with E-state index in [0.29, 0.717) is 24.2 Å². The number of fused-ring (bicyclic) bond motifs is 5. The van der Waals surface area contributed by atoms with Crippen LogP contribution < -0.4 is 0 Å². The van der Waals surface area contributed by atoms with Crippen LogP contribution in [0.25, 0.3) is 0 Å². The van der Waals surface area contributed by atoms with Crippen LogP contribution in [-0.2, 0) is 14.3 Å². The van der Waals surface area contributed by atoms with Crippen molar-refractivity contribution in [2.24, 2.45) is 46.3 Å². The highest BCUT2D eigenvalue weighted by Crippen LogP contribution is 2.68. The van der Waals surface area contributed by atoms with Gasteiger partial charge in [0, 0.05) is 13.5 Å². The Morgan fingerprint density at radius 3 is 2.46 bits per heavy atom. The molecule has 0 bridgehead atoms. The largest absolute Gasteiger partial charge is 0.468 e. The molecule has 3 N–H and O–H groups in total. The minimum atomic E-state index is -0.422. The van der Waals surface area contributed by atoms with Crippen molar-refractivity contribution in [3.63, 3.8) is 0 Å². The highest BCUT2D eigenvalue weighted by molar-refractivity contribution is 5.81. The third-order valence-corrected chi connectivity index (χ3v) is 11.4. The summed E-state index contributed by atoms with van der Waals surface area (Å²) in [7, 11) is 2.95. The number of likely N-dealkylation sites (N-methyl/N-ethyl adjacent to an activating group) is 1. The quantitative estimate of drug-likeness (QED) is 0.492. The fourth-order valence-electron chi connectivity index (χ4n) is 9.22. The number of aliphatic hydroxyl groups is 3. The van der Waals surface area contributed by atoms with Gasteiger partial charge in [0.15, 0.2) is 0 Å². The van der Waals surface area contributed by atoms with Crippen LogP contribution in [0.5, 0.6) is 0 Å². The van der Waals surface area contributed by atoms with E-state index in [1.165, 1.54) is 12.0 Å². The van der Waals surface area contributed by atoms with Crippen molar-refractivity contribution in [3.05, 3.63) is 0 Å². The minimum Gasteiger partial charge on any atom is -0.468 e. The Hall–Kier alpha value is -1.18. The number of hydrogen-bond acceptors (Lipinski definition) is 6. The van der Waals surface area contributed by atoms with E-state index in [-0.39, 0.29) is 53.2 Å². The van der Waals surface area contributed by atoms with E-state index in [1.54, 1.807) is 7.05 Å². The van der Waals surface area contributed by atoms with Gasteiger partial charge in [-0.15, -0.1) is 0 Å². The maximum atomic E-state index is 12.6. The monoisotopic (exact) mass is 492 g/mol. The predicted octanol–water partition coefficient (Wildman–Crippen LogP) is 3.00. The Kier molecular flexibility index (Phi) is 7.63. The van der Waals surface area contributed by atoms with E-state index in [1.807, 2.05) is 0 Å². The Morgan fingerprint density at radius 1 is 1.06 bits per heavy atom. The molecule has 4 aliphatic rings. The van der Waals surface area contributed by atoms with Crippen LogP contribution in [0.1, 0.15) is 78.6 Å². The maximum Gasteiger partial charge on any atom is 0.325 e. The third-order valence-electron chi connectivity index (χ3n) is 11.4. The minimum absolute atomic E-state index is 0.0383. The van der Waals surface area contributed by atoms with Gasteiger partial charge in [0.1, 0.15) is 6.54 Å². The van der Waals surface area contributed by atoms with E-state index >= 15 is 0 Å². The SMILES string of the molecule is COC(=O)CN([11CH3])C(=O)CC[C@@H](C)[C@H]1CCC2C3C(C[C@H](O)[C@@]21C)[C@@]1(C)CC[C@@H](O)CC1C[C@H]3O. The molecule has 0 spiro atoms. The molecule has 7 heteroatoms. The molecule has 0 aromatic heterocycles. The maximum absolute atomic E-state index is 12.6. The van der Waals surface area contributed by atoms with Crippen LogP contribution >= 0.6 is 0 Å². The number of ether oxygens (including phenoxy) is 1. The number of rotatable bonds is 6. The van der Waals surface area contributed by atoms with Gasteiger partial charge in [0.25, 0.3) is 0 Å². The van der Waals surface area contributed by atoms with Gasteiger partial charge in [0.05, 0.1) is 25.4 Å². The predicted molar refractivity (Wildman–Crippen MR) is 132 cm³/mol. The second-order valence-corrected chi connectivity index (χ2v) is 12.9. The lowest BCUT2D eigenvalue weighted by Gasteiger charge is -2.63. The number of methoxy groups -OCH3 is 1. The molecule has 4 rings (SSSR count). The number of nitrogens with zero attached hydrogens (tertiary/aromatic N) is 1. The molecule has 0 heterocycles. The Morgan fingerprint density at radius 2 is 1.77 bits per heavy atom. The molecular weight excluding hydrogens is 445 g/mol. The molecule has 4 saturated carbocycles. The first kappa shape index (κ1) is 26.9. The fourth-order valence-corrected chi connectivity index (χ4v) is 9.22. The topological polar surface area (TPSA) is 107 Å². The number of amides is 1. The molecule has 11 atom stereocenters. The zero-order chi connectivity index (χ0) is 25.7. The van der Waals surface area contributed by atoms with E-state index in [2.05, 4.69) is 25.5 Å². The van der Waals surface area contributed by atoms with Crippen LogP contribution in [-0.4, -0.2) is 71.1 Å². The summed E-state index contributed by atoms with van der Waals surface area (Å²) < 4.78 is 4.67. The fraction of sp³-hybridized carbons (Fsp3) is 0.929. The highest BCUT2D eigenvalue weighted by atomic mass is 16.5. The van der Waals surface area contributed by atoms with Crippen LogP contribution in [0.3, 0.4) is 0 Å². The smallest absolute Gasteiger partial charge is 0.325 e. The first-order valence-electron chi connectivity index (χ1n) is 13.8. The van der Waals surface area contributed by atoms with Crippen LogP contribution in [0.15, 0.2) is 0 Å². The van der Waals surface area contributed by atoms with Crippen LogP contribution in [0.4, 0.5) is 0 Å². The first-order valence-corrected chi connectivity index (χ1v) is 13.8.